The summed E-state index contributed by atoms with van der Waals surface area (Å²) in [5.41, 5.74) is 0.813. The number of phenolic OH excluding ortho intramolecular Hbond substituents is 1. The van der Waals surface area contributed by atoms with Crippen molar-refractivity contribution in [1.29, 1.82) is 0 Å². The zero-order valence-corrected chi connectivity index (χ0v) is 13.1. The van der Waals surface area contributed by atoms with Crippen LogP contribution in [0.4, 0.5) is 5.69 Å². The molecular formula is C15H14BrNO4. The van der Waals surface area contributed by atoms with Gasteiger partial charge in [-0.05, 0) is 40.2 Å². The average molecular weight is 352 g/mol. The molecule has 0 saturated carbocycles. The molecule has 0 saturated heterocycles. The normalized spacial score (nSPS) is 10.0. The van der Waals surface area contributed by atoms with Crippen molar-refractivity contribution in [2.75, 3.05) is 19.5 Å². The van der Waals surface area contributed by atoms with E-state index in [9.17, 15) is 9.90 Å². The number of phenols is 1. The van der Waals surface area contributed by atoms with Crippen LogP contribution in [0, 0.1) is 0 Å². The lowest BCUT2D eigenvalue weighted by molar-refractivity contribution is 0.102. The van der Waals surface area contributed by atoms with Gasteiger partial charge in [0.2, 0.25) is 0 Å². The van der Waals surface area contributed by atoms with E-state index in [0.29, 0.717) is 27.2 Å². The molecule has 0 atom stereocenters. The van der Waals surface area contributed by atoms with Gasteiger partial charge in [-0.25, -0.2) is 0 Å². The highest BCUT2D eigenvalue weighted by Crippen LogP contribution is 2.34. The molecular weight excluding hydrogens is 338 g/mol. The number of anilines is 1. The number of aromatic hydroxyl groups is 1. The summed E-state index contributed by atoms with van der Waals surface area (Å²) in [4.78, 5) is 12.4. The lowest BCUT2D eigenvalue weighted by atomic mass is 10.1. The number of halogens is 1. The van der Waals surface area contributed by atoms with Gasteiger partial charge in [-0.15, -0.1) is 0 Å². The van der Waals surface area contributed by atoms with Gasteiger partial charge in [0.05, 0.1) is 24.3 Å². The fourth-order valence-electron chi connectivity index (χ4n) is 1.84. The standard InChI is InChI=1S/C15H14BrNO4/c1-20-11-7-12(14(21-2)13(16)8-11)15(19)17-9-4-3-5-10(18)6-9/h3-8,18H,1-2H3,(H,17,19). The largest absolute Gasteiger partial charge is 0.508 e. The predicted molar refractivity (Wildman–Crippen MR) is 83.3 cm³/mol. The summed E-state index contributed by atoms with van der Waals surface area (Å²) < 4.78 is 11.0. The topological polar surface area (TPSA) is 67.8 Å². The van der Waals surface area contributed by atoms with Crippen LogP contribution < -0.4 is 14.8 Å². The van der Waals surface area contributed by atoms with Crippen molar-refractivity contribution in [3.8, 4) is 17.2 Å². The first kappa shape index (κ1) is 15.2. The van der Waals surface area contributed by atoms with Crippen LogP contribution in [-0.4, -0.2) is 25.2 Å². The van der Waals surface area contributed by atoms with Gasteiger partial charge in [-0.3, -0.25) is 4.79 Å². The summed E-state index contributed by atoms with van der Waals surface area (Å²) in [7, 11) is 3.00. The third-order valence-corrected chi connectivity index (χ3v) is 3.39. The maximum Gasteiger partial charge on any atom is 0.259 e. The third kappa shape index (κ3) is 3.46. The molecule has 0 fully saturated rings. The van der Waals surface area contributed by atoms with Crippen molar-refractivity contribution in [2.45, 2.75) is 0 Å². The van der Waals surface area contributed by atoms with Crippen molar-refractivity contribution in [1.82, 2.24) is 0 Å². The molecule has 110 valence electrons. The Balaban J connectivity index is 2.36. The molecule has 2 rings (SSSR count). The van der Waals surface area contributed by atoms with Gasteiger partial charge in [-0.2, -0.15) is 0 Å². The Morgan fingerprint density at radius 2 is 1.95 bits per heavy atom. The van der Waals surface area contributed by atoms with Crippen LogP contribution in [0.5, 0.6) is 17.2 Å². The molecule has 21 heavy (non-hydrogen) atoms. The van der Waals surface area contributed by atoms with E-state index in [1.54, 1.807) is 24.3 Å². The number of carbonyl (C=O) groups excluding carboxylic acids is 1. The molecule has 2 aromatic rings. The van der Waals surface area contributed by atoms with E-state index < -0.39 is 0 Å². The van der Waals surface area contributed by atoms with Crippen LogP contribution in [-0.2, 0) is 0 Å². The molecule has 0 spiro atoms. The summed E-state index contributed by atoms with van der Waals surface area (Å²) in [5.74, 6) is 0.654. The van der Waals surface area contributed by atoms with Gasteiger partial charge in [0.15, 0.2) is 0 Å². The van der Waals surface area contributed by atoms with Gasteiger partial charge in [0, 0.05) is 11.8 Å². The summed E-state index contributed by atoms with van der Waals surface area (Å²) in [6.45, 7) is 0. The molecule has 0 heterocycles. The lowest BCUT2D eigenvalue weighted by Gasteiger charge is -2.13. The van der Waals surface area contributed by atoms with Gasteiger partial charge < -0.3 is 19.9 Å². The molecule has 0 unspecified atom stereocenters. The second-order valence-corrected chi connectivity index (χ2v) is 5.05. The van der Waals surface area contributed by atoms with E-state index in [1.807, 2.05) is 0 Å². The number of amides is 1. The average Bonchev–Trinajstić information content (AvgIpc) is 2.46. The zero-order chi connectivity index (χ0) is 15.4. The fraction of sp³-hybridized carbons (Fsp3) is 0.133. The molecule has 0 aliphatic heterocycles. The minimum absolute atomic E-state index is 0.0755. The number of methoxy groups -OCH3 is 2. The van der Waals surface area contributed by atoms with E-state index in [2.05, 4.69) is 21.2 Å². The summed E-state index contributed by atoms with van der Waals surface area (Å²) in [6.07, 6.45) is 0. The monoisotopic (exact) mass is 351 g/mol. The second kappa shape index (κ2) is 6.49. The van der Waals surface area contributed by atoms with E-state index in [1.165, 1.54) is 26.4 Å². The van der Waals surface area contributed by atoms with E-state index >= 15 is 0 Å². The first-order valence-electron chi connectivity index (χ1n) is 6.07. The van der Waals surface area contributed by atoms with E-state index in [0.717, 1.165) is 0 Å². The van der Waals surface area contributed by atoms with Crippen LogP contribution in [0.1, 0.15) is 10.4 Å². The van der Waals surface area contributed by atoms with Crippen LogP contribution >= 0.6 is 15.9 Å². The van der Waals surface area contributed by atoms with E-state index in [-0.39, 0.29) is 11.7 Å². The number of nitrogens with one attached hydrogen (secondary N) is 1. The summed E-state index contributed by atoms with van der Waals surface area (Å²) in [5, 5.41) is 12.1. The Labute approximate surface area is 130 Å². The smallest absolute Gasteiger partial charge is 0.259 e. The Morgan fingerprint density at radius 1 is 1.19 bits per heavy atom. The molecule has 6 heteroatoms. The Bertz CT molecular complexity index is 673. The quantitative estimate of drug-likeness (QED) is 0.885. The highest BCUT2D eigenvalue weighted by Gasteiger charge is 2.17. The van der Waals surface area contributed by atoms with Crippen molar-refractivity contribution in [3.63, 3.8) is 0 Å². The third-order valence-electron chi connectivity index (χ3n) is 2.81. The van der Waals surface area contributed by atoms with Crippen molar-refractivity contribution < 1.29 is 19.4 Å². The Hall–Kier alpha value is -2.21. The molecule has 5 nitrogen and oxygen atoms in total. The van der Waals surface area contributed by atoms with Crippen molar-refractivity contribution >= 4 is 27.5 Å². The van der Waals surface area contributed by atoms with Crippen LogP contribution in [0.3, 0.4) is 0 Å². The van der Waals surface area contributed by atoms with E-state index in [4.69, 9.17) is 9.47 Å². The molecule has 0 aliphatic rings. The van der Waals surface area contributed by atoms with Crippen molar-refractivity contribution in [3.05, 3.63) is 46.4 Å². The van der Waals surface area contributed by atoms with Crippen LogP contribution in [0.25, 0.3) is 0 Å². The van der Waals surface area contributed by atoms with Gasteiger partial charge in [0.1, 0.15) is 17.2 Å². The number of hydrogen-bond acceptors (Lipinski definition) is 4. The SMILES string of the molecule is COc1cc(Br)c(OC)c(C(=O)Nc2cccc(O)c2)c1. The minimum atomic E-state index is -0.364. The summed E-state index contributed by atoms with van der Waals surface area (Å²) >= 11 is 3.34. The van der Waals surface area contributed by atoms with Crippen LogP contribution in [0.15, 0.2) is 40.9 Å². The second-order valence-electron chi connectivity index (χ2n) is 4.19. The molecule has 1 amide bonds. The molecule has 0 aromatic heterocycles. The van der Waals surface area contributed by atoms with Crippen molar-refractivity contribution in [2.24, 2.45) is 0 Å². The first-order valence-corrected chi connectivity index (χ1v) is 6.86. The highest BCUT2D eigenvalue weighted by atomic mass is 79.9. The minimum Gasteiger partial charge on any atom is -0.508 e. The molecule has 0 aliphatic carbocycles. The molecule has 2 aromatic carbocycles. The van der Waals surface area contributed by atoms with Gasteiger partial charge in [0.25, 0.3) is 5.91 Å². The van der Waals surface area contributed by atoms with Gasteiger partial charge >= 0.3 is 0 Å². The predicted octanol–water partition coefficient (Wildman–Crippen LogP) is 3.42. The lowest BCUT2D eigenvalue weighted by Crippen LogP contribution is -2.13. The molecule has 0 radical (unpaired) electrons. The number of hydrogen-bond donors (Lipinski definition) is 2. The van der Waals surface area contributed by atoms with Crippen LogP contribution in [0.2, 0.25) is 0 Å². The Kier molecular flexibility index (Phi) is 4.70. The first-order chi connectivity index (χ1) is 10.0. The number of ether oxygens (including phenoxy) is 2. The summed E-state index contributed by atoms with van der Waals surface area (Å²) in [6, 6.07) is 9.60. The molecule has 2 N–H and O–H groups in total. The number of rotatable bonds is 4. The van der Waals surface area contributed by atoms with Gasteiger partial charge in [-0.1, -0.05) is 6.07 Å². The number of benzene rings is 2. The maximum atomic E-state index is 12.4. The molecule has 0 bridgehead atoms. The fourth-order valence-corrected chi connectivity index (χ4v) is 2.45. The Morgan fingerprint density at radius 3 is 2.57 bits per heavy atom. The maximum absolute atomic E-state index is 12.4. The highest BCUT2D eigenvalue weighted by molar-refractivity contribution is 9.10. The number of carbonyl (C=O) groups is 1. The zero-order valence-electron chi connectivity index (χ0n) is 11.5.